The van der Waals surface area contributed by atoms with Crippen LogP contribution in [0.5, 0.6) is 0 Å². The van der Waals surface area contributed by atoms with Gasteiger partial charge in [0.1, 0.15) is 5.60 Å². The van der Waals surface area contributed by atoms with Crippen molar-refractivity contribution in [2.24, 2.45) is 0 Å². The fraction of sp³-hybridized carbons (Fsp3) is 0.500. The summed E-state index contributed by atoms with van der Waals surface area (Å²) in [7, 11) is 0. The molecule has 0 saturated heterocycles. The molecule has 0 spiro atoms. The number of carbonyl (C=O) groups is 2. The second-order valence-corrected chi connectivity index (χ2v) is 3.65. The summed E-state index contributed by atoms with van der Waals surface area (Å²) in [6, 6.07) is 0. The molecule has 0 aromatic heterocycles. The molecule has 0 aliphatic heterocycles. The Bertz CT molecular complexity index is 279. The smallest absolute Gasteiger partial charge is 0.330 e. The van der Waals surface area contributed by atoms with Crippen molar-refractivity contribution in [3.05, 3.63) is 25.3 Å². The van der Waals surface area contributed by atoms with E-state index in [2.05, 4.69) is 13.2 Å². The lowest BCUT2D eigenvalue weighted by Gasteiger charge is -2.21. The Morgan fingerprint density at radius 2 is 1.81 bits per heavy atom. The van der Waals surface area contributed by atoms with Gasteiger partial charge in [0.2, 0.25) is 0 Å². The molecule has 0 aliphatic rings. The molecule has 0 radical (unpaired) electrons. The van der Waals surface area contributed by atoms with Crippen LogP contribution in [0.1, 0.15) is 20.3 Å². The van der Waals surface area contributed by atoms with Gasteiger partial charge in [0.25, 0.3) is 0 Å². The topological polar surface area (TPSA) is 52.6 Å². The first-order chi connectivity index (χ1) is 7.44. The van der Waals surface area contributed by atoms with E-state index in [1.54, 1.807) is 13.8 Å². The predicted molar refractivity (Wildman–Crippen MR) is 61.0 cm³/mol. The van der Waals surface area contributed by atoms with E-state index in [9.17, 15) is 9.59 Å². The number of ether oxygens (including phenoxy) is 2. The van der Waals surface area contributed by atoms with Crippen molar-refractivity contribution in [3.8, 4) is 0 Å². The third-order valence-corrected chi connectivity index (χ3v) is 1.94. The fourth-order valence-corrected chi connectivity index (χ4v) is 0.935. The highest BCUT2D eigenvalue weighted by Gasteiger charge is 2.25. The molecule has 0 heterocycles. The molecule has 0 aliphatic carbocycles. The number of esters is 1. The van der Waals surface area contributed by atoms with Gasteiger partial charge < -0.3 is 9.47 Å². The molecule has 0 N–H and O–H groups in total. The van der Waals surface area contributed by atoms with Gasteiger partial charge >= 0.3 is 5.97 Å². The van der Waals surface area contributed by atoms with Crippen LogP contribution < -0.4 is 0 Å². The number of hydrogen-bond donors (Lipinski definition) is 0. The van der Waals surface area contributed by atoms with Gasteiger partial charge in [0.15, 0.2) is 5.78 Å². The number of rotatable bonds is 8. The molecule has 16 heavy (non-hydrogen) atoms. The summed E-state index contributed by atoms with van der Waals surface area (Å²) in [6.07, 6.45) is 2.87. The highest BCUT2D eigenvalue weighted by atomic mass is 16.5. The summed E-state index contributed by atoms with van der Waals surface area (Å²) in [4.78, 5) is 22.0. The van der Waals surface area contributed by atoms with Crippen LogP contribution >= 0.6 is 0 Å². The molecular formula is C12H18O4. The predicted octanol–water partition coefficient (Wildman–Crippen LogP) is 1.66. The van der Waals surface area contributed by atoms with Crippen LogP contribution in [-0.2, 0) is 19.1 Å². The van der Waals surface area contributed by atoms with E-state index in [1.807, 2.05) is 0 Å². The summed E-state index contributed by atoms with van der Waals surface area (Å²) in [5.74, 6) is -0.628. The zero-order valence-electron chi connectivity index (χ0n) is 9.82. The molecule has 0 aromatic carbocycles. The van der Waals surface area contributed by atoms with Crippen molar-refractivity contribution < 1.29 is 19.1 Å². The molecule has 0 rings (SSSR count). The summed E-state index contributed by atoms with van der Waals surface area (Å²) < 4.78 is 10.1. The minimum absolute atomic E-state index is 0.171. The quantitative estimate of drug-likeness (QED) is 0.359. The standard InChI is InChI=1S/C12H18O4/c1-5-10(13)12(3,4)16-9-7-8-15-11(14)6-2/h5-6H,1-2,7-9H2,3-4H3. The molecule has 0 saturated carbocycles. The Morgan fingerprint density at radius 1 is 1.19 bits per heavy atom. The van der Waals surface area contributed by atoms with Crippen molar-refractivity contribution >= 4 is 11.8 Å². The molecule has 4 heteroatoms. The number of ketones is 1. The maximum absolute atomic E-state index is 11.3. The first kappa shape index (κ1) is 14.6. The summed E-state index contributed by atoms with van der Waals surface area (Å²) in [5.41, 5.74) is -0.871. The Labute approximate surface area is 95.9 Å². The largest absolute Gasteiger partial charge is 0.462 e. The van der Waals surface area contributed by atoms with Crippen LogP contribution in [0, 0.1) is 0 Å². The van der Waals surface area contributed by atoms with E-state index in [0.29, 0.717) is 13.0 Å². The monoisotopic (exact) mass is 226 g/mol. The lowest BCUT2D eigenvalue weighted by molar-refractivity contribution is -0.141. The third-order valence-electron chi connectivity index (χ3n) is 1.94. The average molecular weight is 226 g/mol. The zero-order valence-corrected chi connectivity index (χ0v) is 9.82. The lowest BCUT2D eigenvalue weighted by Crippen LogP contribution is -2.34. The van der Waals surface area contributed by atoms with Crippen LogP contribution in [0.25, 0.3) is 0 Å². The van der Waals surface area contributed by atoms with Gasteiger partial charge in [0.05, 0.1) is 13.2 Å². The highest BCUT2D eigenvalue weighted by Crippen LogP contribution is 2.11. The van der Waals surface area contributed by atoms with Crippen molar-refractivity contribution in [1.82, 2.24) is 0 Å². The summed E-state index contributed by atoms with van der Waals surface area (Å²) in [5, 5.41) is 0. The highest BCUT2D eigenvalue weighted by molar-refractivity contribution is 5.95. The molecule has 90 valence electrons. The van der Waals surface area contributed by atoms with E-state index in [-0.39, 0.29) is 12.4 Å². The van der Waals surface area contributed by atoms with E-state index in [1.165, 1.54) is 6.08 Å². The van der Waals surface area contributed by atoms with Crippen LogP contribution in [-0.4, -0.2) is 30.6 Å². The molecule has 0 aromatic rings. The van der Waals surface area contributed by atoms with E-state index < -0.39 is 11.6 Å². The molecule has 0 atom stereocenters. The molecule has 4 nitrogen and oxygen atoms in total. The number of carbonyl (C=O) groups excluding carboxylic acids is 2. The molecule has 0 bridgehead atoms. The average Bonchev–Trinajstić information content (AvgIpc) is 2.26. The van der Waals surface area contributed by atoms with Gasteiger partial charge in [-0.2, -0.15) is 0 Å². The van der Waals surface area contributed by atoms with Crippen LogP contribution in [0.3, 0.4) is 0 Å². The SMILES string of the molecule is C=CC(=O)OCCCOC(C)(C)C(=O)C=C. The minimum atomic E-state index is -0.871. The van der Waals surface area contributed by atoms with Crippen molar-refractivity contribution in [1.29, 1.82) is 0 Å². The molecular weight excluding hydrogens is 208 g/mol. The Balaban J connectivity index is 3.73. The minimum Gasteiger partial charge on any atom is -0.462 e. The van der Waals surface area contributed by atoms with Gasteiger partial charge in [0, 0.05) is 12.5 Å². The molecule has 0 unspecified atom stereocenters. The molecule has 0 amide bonds. The van der Waals surface area contributed by atoms with Gasteiger partial charge in [-0.05, 0) is 19.9 Å². The first-order valence-corrected chi connectivity index (χ1v) is 5.04. The van der Waals surface area contributed by atoms with E-state index in [0.717, 1.165) is 6.08 Å². The maximum Gasteiger partial charge on any atom is 0.330 e. The van der Waals surface area contributed by atoms with Crippen molar-refractivity contribution in [3.63, 3.8) is 0 Å². The van der Waals surface area contributed by atoms with E-state index >= 15 is 0 Å². The fourth-order valence-electron chi connectivity index (χ4n) is 0.935. The second kappa shape index (κ2) is 6.95. The normalized spacial score (nSPS) is 10.6. The van der Waals surface area contributed by atoms with Crippen LogP contribution in [0.4, 0.5) is 0 Å². The Kier molecular flexibility index (Phi) is 6.34. The number of hydrogen-bond acceptors (Lipinski definition) is 4. The lowest BCUT2D eigenvalue weighted by atomic mass is 10.0. The van der Waals surface area contributed by atoms with Gasteiger partial charge in [-0.3, -0.25) is 4.79 Å². The summed E-state index contributed by atoms with van der Waals surface area (Å²) in [6.45, 7) is 10.6. The second-order valence-electron chi connectivity index (χ2n) is 3.65. The third kappa shape index (κ3) is 5.46. The van der Waals surface area contributed by atoms with Gasteiger partial charge in [-0.1, -0.05) is 13.2 Å². The van der Waals surface area contributed by atoms with Gasteiger partial charge in [-0.25, -0.2) is 4.79 Å². The molecule has 0 fully saturated rings. The Morgan fingerprint density at radius 3 is 2.31 bits per heavy atom. The van der Waals surface area contributed by atoms with E-state index in [4.69, 9.17) is 9.47 Å². The van der Waals surface area contributed by atoms with Crippen LogP contribution in [0.15, 0.2) is 25.3 Å². The summed E-state index contributed by atoms with van der Waals surface area (Å²) >= 11 is 0. The van der Waals surface area contributed by atoms with Crippen LogP contribution in [0.2, 0.25) is 0 Å². The van der Waals surface area contributed by atoms with Crippen molar-refractivity contribution in [2.75, 3.05) is 13.2 Å². The Hall–Kier alpha value is -1.42. The van der Waals surface area contributed by atoms with Crippen molar-refractivity contribution in [2.45, 2.75) is 25.9 Å². The first-order valence-electron chi connectivity index (χ1n) is 5.04. The van der Waals surface area contributed by atoms with Gasteiger partial charge in [-0.15, -0.1) is 0 Å². The maximum atomic E-state index is 11.3. The zero-order chi connectivity index (χ0) is 12.6.